The van der Waals surface area contributed by atoms with Crippen molar-refractivity contribution in [2.75, 3.05) is 9.80 Å². The van der Waals surface area contributed by atoms with E-state index in [-0.39, 0.29) is 60.5 Å². The third-order valence-corrected chi connectivity index (χ3v) is 19.3. The second-order valence-electron chi connectivity index (χ2n) is 25.6. The highest BCUT2D eigenvalue weighted by Gasteiger charge is 2.45. The average molecular weight is 1240 g/mol. The van der Waals surface area contributed by atoms with Crippen molar-refractivity contribution in [2.45, 2.75) is 26.2 Å². The van der Waals surface area contributed by atoms with Crippen LogP contribution in [0.15, 0.2) is 315 Å². The van der Waals surface area contributed by atoms with Crippen LogP contribution in [-0.2, 0) is 5.41 Å². The molecular weight excluding hydrogens is 1160 g/mol. The van der Waals surface area contributed by atoms with Crippen LogP contribution in [0.3, 0.4) is 0 Å². The number of hydrogen-bond acceptors (Lipinski definition) is 3. The molecule has 0 unspecified atom stereocenters. The standard InChI is InChI=1S/C89H61BN6/c1-89(2,3)62-51-86-88-87(52-62)96(83-53-63(43-42-59(83)56-91)92-77-36-18-12-30-69(77)70-31-13-19-37-78(70)92)85-55-65(94-81-40-22-16-34-73(81)74-35-17-23-41-82(74)94)45-47-76(85)90(88)75-46-44-64(93-79-38-20-14-32-71(79)72-33-15-21-39-80(72)93)54-84(75)95(86)66-49-60(57-24-6-4-7-25-57)48-61(50-66)68-29-11-10-28-67(68)58-26-8-5-9-27-58/h4-55H,1-3H3/i14D,15D,16D,17D,20D,21D,22D,23D,32D,33D,34D,35D,38D,39D,40D,41D. The minimum atomic E-state index is -0.790. The molecule has 17 aromatic rings. The van der Waals surface area contributed by atoms with Gasteiger partial charge in [-0.2, -0.15) is 5.26 Å². The van der Waals surface area contributed by atoms with E-state index in [2.05, 4.69) is 132 Å². The molecule has 0 radical (unpaired) electrons. The van der Waals surface area contributed by atoms with Crippen molar-refractivity contribution in [3.8, 4) is 56.5 Å². The molecule has 5 heterocycles. The summed E-state index contributed by atoms with van der Waals surface area (Å²) in [5.41, 5.74) is 14.3. The molecule has 7 heteroatoms. The second-order valence-corrected chi connectivity index (χ2v) is 25.6. The number of hydrogen-bond donors (Lipinski definition) is 0. The van der Waals surface area contributed by atoms with E-state index in [9.17, 15) is 21.7 Å². The molecule has 0 amide bonds. The second kappa shape index (κ2) is 21.3. The van der Waals surface area contributed by atoms with Gasteiger partial charge in [0.2, 0.25) is 0 Å². The number of para-hydroxylation sites is 6. The van der Waals surface area contributed by atoms with Crippen LogP contribution in [0.5, 0.6) is 0 Å². The van der Waals surface area contributed by atoms with Crippen molar-refractivity contribution in [3.05, 3.63) is 326 Å². The molecule has 2 aliphatic rings. The van der Waals surface area contributed by atoms with Crippen LogP contribution < -0.4 is 26.2 Å². The SMILES string of the molecule is [2H]c1c([2H])c([2H])c2c(c1[2H])c1c([2H])c([2H])c([2H])c([2H])c1n2-c1ccc2c(c1)N(c1cc(-c3ccccc3)cc(-c3ccccc3-c3ccccc3)c1)c1cc(C(C)(C)C)cc3c1B2c1ccc(-n2c4c([2H])c([2H])c([2H])c([2H])c4c4c([2H])c([2H])c([2H])c([2H])c42)cc1N3c1cc(-n2c3ccccc3c3ccccc32)ccc1C#N. The number of rotatable bonds is 8. The van der Waals surface area contributed by atoms with Gasteiger partial charge in [-0.1, -0.05) is 227 Å². The third kappa shape index (κ3) is 8.38. The lowest BCUT2D eigenvalue weighted by Gasteiger charge is -2.45. The van der Waals surface area contributed by atoms with E-state index in [1.165, 1.54) is 9.13 Å². The minimum Gasteiger partial charge on any atom is -0.311 e. The zero-order valence-corrected chi connectivity index (χ0v) is 52.0. The molecule has 0 spiro atoms. The largest absolute Gasteiger partial charge is 0.311 e. The average Bonchev–Trinajstić information content (AvgIpc) is 1.20. The van der Waals surface area contributed by atoms with Gasteiger partial charge in [-0.25, -0.2) is 0 Å². The fraction of sp³-hybridized carbons (Fsp3) is 0.0449. The Kier molecular flexibility index (Phi) is 9.18. The van der Waals surface area contributed by atoms with Gasteiger partial charge < -0.3 is 23.5 Å². The Hall–Kier alpha value is -12.4. The molecule has 0 bridgehead atoms. The Bertz CT molecular complexity index is 6910. The lowest BCUT2D eigenvalue weighted by Crippen LogP contribution is -2.61. The van der Waals surface area contributed by atoms with Crippen LogP contribution in [0.1, 0.15) is 53.8 Å². The molecular formula is C89H61BN6. The molecule has 2 aliphatic heterocycles. The van der Waals surface area contributed by atoms with Crippen molar-refractivity contribution in [1.29, 1.82) is 5.26 Å². The van der Waals surface area contributed by atoms with Gasteiger partial charge in [0.15, 0.2) is 0 Å². The molecule has 96 heavy (non-hydrogen) atoms. The lowest BCUT2D eigenvalue weighted by atomic mass is 9.33. The van der Waals surface area contributed by atoms with Crippen LogP contribution in [-0.4, -0.2) is 20.4 Å². The van der Waals surface area contributed by atoms with E-state index in [4.69, 9.17) is 5.48 Å². The van der Waals surface area contributed by atoms with Gasteiger partial charge in [0, 0.05) is 77.8 Å². The Labute approximate surface area is 579 Å². The summed E-state index contributed by atoms with van der Waals surface area (Å²) in [6.45, 7) is 5.57. The fourth-order valence-electron chi connectivity index (χ4n) is 15.0. The summed E-state index contributed by atoms with van der Waals surface area (Å²) < 4.78 is 155. The summed E-state index contributed by atoms with van der Waals surface area (Å²) in [5, 5.41) is 13.5. The molecule has 0 saturated heterocycles. The number of nitrogens with zero attached hydrogens (tertiary/aromatic N) is 6. The van der Waals surface area contributed by atoms with E-state index in [0.29, 0.717) is 50.7 Å². The van der Waals surface area contributed by atoms with Crippen LogP contribution in [0.25, 0.3) is 116 Å². The molecule has 0 fully saturated rings. The van der Waals surface area contributed by atoms with Crippen molar-refractivity contribution in [2.24, 2.45) is 0 Å². The molecule has 14 aromatic carbocycles. The van der Waals surface area contributed by atoms with Crippen LogP contribution >= 0.6 is 0 Å². The van der Waals surface area contributed by atoms with E-state index in [0.717, 1.165) is 66.2 Å². The molecule has 0 N–H and O–H groups in total. The van der Waals surface area contributed by atoms with Crippen LogP contribution in [0, 0.1) is 11.3 Å². The molecule has 0 saturated carbocycles. The maximum Gasteiger partial charge on any atom is 0.252 e. The zero-order chi connectivity index (χ0) is 77.8. The molecule has 0 atom stereocenters. The normalized spacial score (nSPS) is 15.0. The summed E-state index contributed by atoms with van der Waals surface area (Å²) in [6, 6.07) is 66.7. The maximum absolute atomic E-state index is 11.9. The molecule has 19 rings (SSSR count). The molecule has 0 aliphatic carbocycles. The molecule has 450 valence electrons. The van der Waals surface area contributed by atoms with E-state index in [1.807, 2.05) is 115 Å². The molecule has 6 nitrogen and oxygen atoms in total. The topological polar surface area (TPSA) is 45.1 Å². The van der Waals surface area contributed by atoms with Gasteiger partial charge in [0.1, 0.15) is 6.07 Å². The van der Waals surface area contributed by atoms with Crippen molar-refractivity contribution in [1.82, 2.24) is 13.7 Å². The Morgan fingerprint density at radius 1 is 0.333 bits per heavy atom. The number of fused-ring (bicyclic) bond motifs is 13. The van der Waals surface area contributed by atoms with Gasteiger partial charge in [-0.15, -0.1) is 0 Å². The smallest absolute Gasteiger partial charge is 0.252 e. The predicted molar refractivity (Wildman–Crippen MR) is 403 cm³/mol. The van der Waals surface area contributed by atoms with Gasteiger partial charge in [0.25, 0.3) is 6.71 Å². The van der Waals surface area contributed by atoms with Gasteiger partial charge >= 0.3 is 0 Å². The quantitative estimate of drug-likeness (QED) is 0.142. The Balaban J connectivity index is 0.985. The zero-order valence-electron chi connectivity index (χ0n) is 68.0. The first-order valence-electron chi connectivity index (χ1n) is 39.8. The van der Waals surface area contributed by atoms with Crippen molar-refractivity contribution >= 4 is 123 Å². The number of nitriles is 1. The van der Waals surface area contributed by atoms with Crippen molar-refractivity contribution in [3.63, 3.8) is 0 Å². The third-order valence-electron chi connectivity index (χ3n) is 19.3. The maximum atomic E-state index is 11.9. The van der Waals surface area contributed by atoms with Gasteiger partial charge in [0.05, 0.1) is 66.3 Å². The van der Waals surface area contributed by atoms with E-state index >= 15 is 0 Å². The first kappa shape index (κ1) is 41.3. The molecule has 3 aromatic heterocycles. The summed E-state index contributed by atoms with van der Waals surface area (Å²) in [5.74, 6) is 0. The number of aromatic nitrogens is 3. The summed E-state index contributed by atoms with van der Waals surface area (Å²) >= 11 is 0. The predicted octanol–water partition coefficient (Wildman–Crippen LogP) is 21.2. The summed E-state index contributed by atoms with van der Waals surface area (Å²) in [6.07, 6.45) is 0. The lowest BCUT2D eigenvalue weighted by molar-refractivity contribution is 0.590. The Morgan fingerprint density at radius 2 is 0.750 bits per heavy atom. The monoisotopic (exact) mass is 1240 g/mol. The fourth-order valence-corrected chi connectivity index (χ4v) is 15.0. The van der Waals surface area contributed by atoms with E-state index in [1.54, 1.807) is 12.1 Å². The van der Waals surface area contributed by atoms with Crippen LogP contribution in [0.4, 0.5) is 34.1 Å². The van der Waals surface area contributed by atoms with Gasteiger partial charge in [-0.3, -0.25) is 0 Å². The van der Waals surface area contributed by atoms with E-state index < -0.39 is 109 Å². The number of anilines is 6. The van der Waals surface area contributed by atoms with Gasteiger partial charge in [-0.05, 0) is 170 Å². The highest BCUT2D eigenvalue weighted by molar-refractivity contribution is 7.00. The number of benzene rings is 14. The van der Waals surface area contributed by atoms with Crippen molar-refractivity contribution < 1.29 is 21.9 Å². The first-order valence-corrected chi connectivity index (χ1v) is 31.8. The highest BCUT2D eigenvalue weighted by atomic mass is 15.2. The summed E-state index contributed by atoms with van der Waals surface area (Å²) in [7, 11) is 0. The van der Waals surface area contributed by atoms with Crippen LogP contribution in [0.2, 0.25) is 0 Å². The minimum absolute atomic E-state index is 0.0682. The first-order chi connectivity index (χ1) is 53.9. The highest BCUT2D eigenvalue weighted by Crippen LogP contribution is 2.51. The summed E-state index contributed by atoms with van der Waals surface area (Å²) in [4.78, 5) is 4.29. The Morgan fingerprint density at radius 3 is 1.27 bits per heavy atom.